The Morgan fingerprint density at radius 3 is 1.59 bits per heavy atom. The summed E-state index contributed by atoms with van der Waals surface area (Å²) in [4.78, 5) is 0. The van der Waals surface area contributed by atoms with Crippen molar-refractivity contribution in [2.24, 2.45) is 0 Å². The summed E-state index contributed by atoms with van der Waals surface area (Å²) < 4.78 is 1.55. The van der Waals surface area contributed by atoms with Gasteiger partial charge in [-0.1, -0.05) is 0 Å². The van der Waals surface area contributed by atoms with Gasteiger partial charge in [0.25, 0.3) is 0 Å². The van der Waals surface area contributed by atoms with E-state index in [1.807, 2.05) is 0 Å². The average molecular weight is 565 g/mol. The first-order valence-electron chi connectivity index (χ1n) is 11.1. The average Bonchev–Trinajstić information content (AvgIpc) is 3.07. The zero-order chi connectivity index (χ0) is 22.2. The van der Waals surface area contributed by atoms with Crippen LogP contribution >= 0.6 is 37.2 Å². The third-order valence-corrected chi connectivity index (χ3v) is 12.1. The molecule has 0 N–H and O–H groups in total. The van der Waals surface area contributed by atoms with Gasteiger partial charge in [-0.25, -0.2) is 0 Å². The number of rotatable bonds is 5. The van der Waals surface area contributed by atoms with Crippen LogP contribution in [0.2, 0.25) is 6.55 Å². The van der Waals surface area contributed by atoms with Gasteiger partial charge in [0.2, 0.25) is 0 Å². The minimum absolute atomic E-state index is 0. The van der Waals surface area contributed by atoms with Crippen LogP contribution in [0.5, 0.6) is 0 Å². The van der Waals surface area contributed by atoms with E-state index in [9.17, 15) is 0 Å². The molecule has 0 radical (unpaired) electrons. The number of hydrogen-bond donors (Lipinski definition) is 0. The van der Waals surface area contributed by atoms with E-state index >= 15 is 0 Å². The first-order chi connectivity index (χ1) is 14.8. The van der Waals surface area contributed by atoms with E-state index < -0.39 is 8.07 Å². The molecule has 0 saturated heterocycles. The van der Waals surface area contributed by atoms with Crippen molar-refractivity contribution < 1.29 is 20.4 Å². The molecule has 0 atom stereocenters. The fraction of sp³-hybridized carbons (Fsp3) is 0.241. The summed E-state index contributed by atoms with van der Waals surface area (Å²) in [5.41, 5.74) is 8.39. The smallest absolute Gasteiger partial charge is 0.147 e. The largest absolute Gasteiger partial charge is 0.147 e. The Hall–Kier alpha value is -1.06. The molecule has 5 heteroatoms. The number of aryl methyl sites for hydroxylation is 4. The summed E-state index contributed by atoms with van der Waals surface area (Å²) in [6.45, 7) is 11.5. The molecule has 0 fully saturated rings. The van der Waals surface area contributed by atoms with E-state index in [-0.39, 0.29) is 37.2 Å². The second kappa shape index (κ2) is 12.8. The molecule has 4 rings (SSSR count). The van der Waals surface area contributed by atoms with Crippen LogP contribution in [0.4, 0.5) is 0 Å². The topological polar surface area (TPSA) is 0 Å². The Morgan fingerprint density at radius 1 is 0.706 bits per heavy atom. The van der Waals surface area contributed by atoms with Crippen LogP contribution in [-0.2, 0) is 26.9 Å². The molecule has 179 valence electrons. The fourth-order valence-electron chi connectivity index (χ4n) is 5.20. The molecule has 1 aliphatic rings. The van der Waals surface area contributed by atoms with E-state index in [0.29, 0.717) is 0 Å². The minimum atomic E-state index is -2.16. The second-order valence-corrected chi connectivity index (χ2v) is 14.2. The quantitative estimate of drug-likeness (QED) is 0.286. The van der Waals surface area contributed by atoms with Crippen molar-refractivity contribution in [2.45, 2.75) is 47.1 Å². The monoisotopic (exact) mass is 563 g/mol. The van der Waals surface area contributed by atoms with Crippen molar-refractivity contribution in [1.82, 2.24) is 0 Å². The van der Waals surface area contributed by atoms with Crippen LogP contribution in [0.3, 0.4) is 0 Å². The molecule has 3 aromatic rings. The first kappa shape index (κ1) is 31.0. The third-order valence-electron chi connectivity index (χ3n) is 6.51. The predicted octanol–water partition coefficient (Wildman–Crippen LogP) is 7.29. The van der Waals surface area contributed by atoms with Crippen molar-refractivity contribution >= 4 is 55.7 Å². The van der Waals surface area contributed by atoms with Crippen LogP contribution in [0, 0.1) is 27.7 Å². The third kappa shape index (κ3) is 6.38. The van der Waals surface area contributed by atoms with Gasteiger partial charge < -0.3 is 0 Å². The van der Waals surface area contributed by atoms with E-state index in [0.717, 1.165) is 12.8 Å². The van der Waals surface area contributed by atoms with Crippen molar-refractivity contribution in [3.8, 4) is 0 Å². The molecule has 3 aromatic carbocycles. The first-order valence-corrected chi connectivity index (χ1v) is 14.4. The van der Waals surface area contributed by atoms with Crippen LogP contribution in [-0.4, -0.2) is 8.07 Å². The van der Waals surface area contributed by atoms with E-state index in [1.54, 1.807) is 9.07 Å². The molecule has 0 nitrogen and oxygen atoms in total. The minimum Gasteiger partial charge on any atom is -0.147 e. The molecule has 0 unspecified atom stereocenters. The number of halogens is 3. The van der Waals surface area contributed by atoms with Crippen LogP contribution in [0.25, 0.3) is 0 Å². The molecule has 0 aromatic heterocycles. The Morgan fingerprint density at radius 2 is 1.15 bits per heavy atom. The molecule has 34 heavy (non-hydrogen) atoms. The number of hydrogen-bond acceptors (Lipinski definition) is 0. The SMILES string of the molecule is Cc1cc(C)cc([Si](C)(C2=[C]([Ti])CC=C2Cc2ccccc2)c2cc(C)cc(C)c2)c1.Cl.Cl.Cl. The summed E-state index contributed by atoms with van der Waals surface area (Å²) in [7, 11) is -2.16. The number of benzene rings is 3. The van der Waals surface area contributed by atoms with Crippen LogP contribution < -0.4 is 10.4 Å². The maximum atomic E-state index is 2.58. The maximum absolute atomic E-state index is 2.58. The fourth-order valence-corrected chi connectivity index (χ4v) is 11.3. The van der Waals surface area contributed by atoms with Gasteiger partial charge in [-0.3, -0.25) is 0 Å². The van der Waals surface area contributed by atoms with Gasteiger partial charge >= 0.3 is 201 Å². The Bertz CT molecular complexity index is 1110. The molecule has 0 aliphatic heterocycles. The second-order valence-electron chi connectivity index (χ2n) is 9.33. The summed E-state index contributed by atoms with van der Waals surface area (Å²) in [5.74, 6) is 0. The van der Waals surface area contributed by atoms with Gasteiger partial charge in [-0.05, 0) is 0 Å². The molecular weight excluding hydrogens is 531 g/mol. The maximum Gasteiger partial charge on any atom is -0.147 e. The van der Waals surface area contributed by atoms with Crippen LogP contribution in [0.15, 0.2) is 87.5 Å². The Kier molecular flexibility index (Phi) is 11.6. The molecule has 1 aliphatic carbocycles. The molecule has 0 spiro atoms. The van der Waals surface area contributed by atoms with E-state index in [2.05, 4.69) is 127 Å². The molecular formula is C29H34Cl3SiTi. The van der Waals surface area contributed by atoms with Gasteiger partial charge in [-0.15, -0.1) is 37.2 Å². The van der Waals surface area contributed by atoms with Gasteiger partial charge in [0.1, 0.15) is 0 Å². The summed E-state index contributed by atoms with van der Waals surface area (Å²) in [6.07, 6.45) is 4.59. The van der Waals surface area contributed by atoms with Gasteiger partial charge in [-0.2, -0.15) is 0 Å². The Labute approximate surface area is 237 Å². The summed E-state index contributed by atoms with van der Waals surface area (Å²) >= 11 is 2.36. The zero-order valence-corrected chi connectivity index (χ0v) is 25.6. The standard InChI is InChI=1S/C29H31Si.3ClH.Ti/c1-21-14-22(2)17-27(16-21)30(5,28-18-23(3)15-24(4)19-28)29-13-9-12-26(29)20-25-10-7-6-8-11-25;;;;/h6-8,10-12,14-19H,9,20H2,1-5H3;3*1H;. The summed E-state index contributed by atoms with van der Waals surface area (Å²) in [6, 6.07) is 25.4. The summed E-state index contributed by atoms with van der Waals surface area (Å²) in [5, 5.41) is 4.71. The van der Waals surface area contributed by atoms with E-state index in [4.69, 9.17) is 0 Å². The normalized spacial score (nSPS) is 12.9. The van der Waals surface area contributed by atoms with Gasteiger partial charge in [0, 0.05) is 0 Å². The van der Waals surface area contributed by atoms with Gasteiger partial charge in [0.15, 0.2) is 0 Å². The van der Waals surface area contributed by atoms with Crippen molar-refractivity contribution in [2.75, 3.05) is 0 Å². The van der Waals surface area contributed by atoms with E-state index in [1.165, 1.54) is 43.8 Å². The van der Waals surface area contributed by atoms with Crippen molar-refractivity contribution in [3.63, 3.8) is 0 Å². The predicted molar refractivity (Wildman–Crippen MR) is 154 cm³/mol. The van der Waals surface area contributed by atoms with Crippen LogP contribution in [0.1, 0.15) is 34.2 Å². The van der Waals surface area contributed by atoms with Gasteiger partial charge in [0.05, 0.1) is 0 Å². The number of allylic oxidation sites excluding steroid dienone is 4. The van der Waals surface area contributed by atoms with Crippen molar-refractivity contribution in [1.29, 1.82) is 0 Å². The molecule has 0 saturated carbocycles. The molecule has 0 bridgehead atoms. The van der Waals surface area contributed by atoms with Crippen molar-refractivity contribution in [3.05, 3.63) is 115 Å². The Balaban J connectivity index is 0.00000193. The molecule has 0 heterocycles. The molecule has 0 amide bonds. The zero-order valence-electron chi connectivity index (χ0n) is 20.6.